The molecule has 0 spiro atoms. The van der Waals surface area contributed by atoms with Gasteiger partial charge in [0.05, 0.1) is 13.2 Å². The number of pyridine rings is 1. The molecule has 1 aromatic carbocycles. The third-order valence-corrected chi connectivity index (χ3v) is 3.48. The lowest BCUT2D eigenvalue weighted by atomic mass is 10.1. The van der Waals surface area contributed by atoms with Crippen LogP contribution in [0.15, 0.2) is 30.5 Å². The first kappa shape index (κ1) is 15.7. The standard InChI is InChI=1S/C17H24N2O2/c1-13(2)11-19(8-9-21-3)17-16-7-5-4-6-15(16)14(12-20)10-18-17/h4-7,10,13,20H,8-9,11-12H2,1-3H3. The highest BCUT2D eigenvalue weighted by Crippen LogP contribution is 2.27. The fourth-order valence-corrected chi connectivity index (χ4v) is 2.54. The number of benzene rings is 1. The Morgan fingerprint density at radius 3 is 2.57 bits per heavy atom. The number of fused-ring (bicyclic) bond motifs is 1. The smallest absolute Gasteiger partial charge is 0.136 e. The summed E-state index contributed by atoms with van der Waals surface area (Å²) < 4.78 is 5.22. The van der Waals surface area contributed by atoms with E-state index in [1.807, 2.05) is 18.2 Å². The molecule has 0 bridgehead atoms. The topological polar surface area (TPSA) is 45.6 Å². The lowest BCUT2D eigenvalue weighted by Crippen LogP contribution is -2.31. The van der Waals surface area contributed by atoms with Crippen LogP contribution in [0.3, 0.4) is 0 Å². The molecule has 4 heteroatoms. The second kappa shape index (κ2) is 7.38. The first-order valence-corrected chi connectivity index (χ1v) is 7.38. The number of aliphatic hydroxyl groups is 1. The number of aliphatic hydroxyl groups excluding tert-OH is 1. The molecule has 0 radical (unpaired) electrons. The van der Waals surface area contributed by atoms with E-state index in [4.69, 9.17) is 4.74 Å². The number of nitrogens with zero attached hydrogens (tertiary/aromatic N) is 2. The highest BCUT2D eigenvalue weighted by atomic mass is 16.5. The average Bonchev–Trinajstić information content (AvgIpc) is 2.50. The summed E-state index contributed by atoms with van der Waals surface area (Å²) in [7, 11) is 1.72. The van der Waals surface area contributed by atoms with Gasteiger partial charge in [0.25, 0.3) is 0 Å². The number of methoxy groups -OCH3 is 1. The van der Waals surface area contributed by atoms with Crippen LogP contribution in [0.2, 0.25) is 0 Å². The van der Waals surface area contributed by atoms with Crippen LogP contribution in [0.1, 0.15) is 19.4 Å². The first-order valence-electron chi connectivity index (χ1n) is 7.38. The van der Waals surface area contributed by atoms with Gasteiger partial charge in [0.15, 0.2) is 0 Å². The summed E-state index contributed by atoms with van der Waals surface area (Å²) in [5.74, 6) is 1.51. The molecule has 4 nitrogen and oxygen atoms in total. The number of aromatic nitrogens is 1. The molecule has 0 saturated heterocycles. The molecular formula is C17H24N2O2. The predicted molar refractivity (Wildman–Crippen MR) is 86.6 cm³/mol. The molecule has 0 aliphatic heterocycles. The summed E-state index contributed by atoms with van der Waals surface area (Å²) in [6.07, 6.45) is 1.78. The Kier molecular flexibility index (Phi) is 5.53. The van der Waals surface area contributed by atoms with Gasteiger partial charge in [-0.25, -0.2) is 4.98 Å². The van der Waals surface area contributed by atoms with E-state index in [0.29, 0.717) is 12.5 Å². The summed E-state index contributed by atoms with van der Waals surface area (Å²) >= 11 is 0. The second-order valence-electron chi connectivity index (χ2n) is 5.64. The molecule has 0 aliphatic carbocycles. The molecule has 2 aromatic rings. The Balaban J connectivity index is 2.46. The van der Waals surface area contributed by atoms with E-state index in [1.165, 1.54) is 0 Å². The molecule has 1 N–H and O–H groups in total. The molecule has 21 heavy (non-hydrogen) atoms. The molecule has 114 valence electrons. The molecule has 0 aliphatic rings. The van der Waals surface area contributed by atoms with Gasteiger partial charge in [-0.1, -0.05) is 38.1 Å². The lowest BCUT2D eigenvalue weighted by molar-refractivity contribution is 0.204. The highest BCUT2D eigenvalue weighted by Gasteiger charge is 2.14. The van der Waals surface area contributed by atoms with Gasteiger partial charge in [0.2, 0.25) is 0 Å². The number of ether oxygens (including phenoxy) is 1. The van der Waals surface area contributed by atoms with Crippen molar-refractivity contribution in [2.75, 3.05) is 31.7 Å². The van der Waals surface area contributed by atoms with Crippen LogP contribution in [0.5, 0.6) is 0 Å². The van der Waals surface area contributed by atoms with E-state index in [2.05, 4.69) is 29.8 Å². The quantitative estimate of drug-likeness (QED) is 0.851. The van der Waals surface area contributed by atoms with Crippen molar-refractivity contribution < 1.29 is 9.84 Å². The van der Waals surface area contributed by atoms with Crippen LogP contribution in [0.4, 0.5) is 5.82 Å². The van der Waals surface area contributed by atoms with E-state index in [-0.39, 0.29) is 6.61 Å². The van der Waals surface area contributed by atoms with Crippen LogP contribution in [-0.4, -0.2) is 36.9 Å². The van der Waals surface area contributed by atoms with Crippen molar-refractivity contribution in [1.29, 1.82) is 0 Å². The average molecular weight is 288 g/mol. The van der Waals surface area contributed by atoms with Gasteiger partial charge in [-0.2, -0.15) is 0 Å². The zero-order valence-corrected chi connectivity index (χ0v) is 13.0. The SMILES string of the molecule is COCCN(CC(C)C)c1ncc(CO)c2ccccc12. The minimum atomic E-state index is 0.00997. The molecule has 0 atom stereocenters. The van der Waals surface area contributed by atoms with Crippen molar-refractivity contribution in [3.63, 3.8) is 0 Å². The third-order valence-electron chi connectivity index (χ3n) is 3.48. The molecular weight excluding hydrogens is 264 g/mol. The monoisotopic (exact) mass is 288 g/mol. The van der Waals surface area contributed by atoms with Crippen LogP contribution >= 0.6 is 0 Å². The van der Waals surface area contributed by atoms with Crippen molar-refractivity contribution in [2.45, 2.75) is 20.5 Å². The van der Waals surface area contributed by atoms with Crippen molar-refractivity contribution >= 4 is 16.6 Å². The maximum Gasteiger partial charge on any atom is 0.136 e. The molecule has 2 rings (SSSR count). The predicted octanol–water partition coefficient (Wildman–Crippen LogP) is 2.84. The van der Waals surface area contributed by atoms with E-state index in [9.17, 15) is 5.11 Å². The molecule has 0 amide bonds. The van der Waals surface area contributed by atoms with Gasteiger partial charge >= 0.3 is 0 Å². The van der Waals surface area contributed by atoms with Crippen LogP contribution < -0.4 is 4.90 Å². The summed E-state index contributed by atoms with van der Waals surface area (Å²) in [6, 6.07) is 8.11. The normalized spacial score (nSPS) is 11.3. The van der Waals surface area contributed by atoms with Crippen molar-refractivity contribution in [2.24, 2.45) is 5.92 Å². The van der Waals surface area contributed by atoms with E-state index in [1.54, 1.807) is 13.3 Å². The fourth-order valence-electron chi connectivity index (χ4n) is 2.54. The Morgan fingerprint density at radius 2 is 1.95 bits per heavy atom. The summed E-state index contributed by atoms with van der Waals surface area (Å²) in [6.45, 7) is 6.82. The summed E-state index contributed by atoms with van der Waals surface area (Å²) in [4.78, 5) is 6.86. The van der Waals surface area contributed by atoms with Gasteiger partial charge in [0, 0.05) is 37.3 Å². The largest absolute Gasteiger partial charge is 0.392 e. The van der Waals surface area contributed by atoms with Crippen molar-refractivity contribution in [1.82, 2.24) is 4.98 Å². The van der Waals surface area contributed by atoms with Crippen LogP contribution in [0.25, 0.3) is 10.8 Å². The molecule has 0 saturated carbocycles. The maximum atomic E-state index is 9.48. The highest BCUT2D eigenvalue weighted by molar-refractivity contribution is 5.94. The zero-order valence-electron chi connectivity index (χ0n) is 13.0. The van der Waals surface area contributed by atoms with Gasteiger partial charge < -0.3 is 14.7 Å². The Bertz CT molecular complexity index is 584. The third kappa shape index (κ3) is 3.71. The number of anilines is 1. The minimum absolute atomic E-state index is 0.00997. The zero-order chi connectivity index (χ0) is 15.2. The molecule has 1 heterocycles. The van der Waals surface area contributed by atoms with Gasteiger partial charge in [-0.3, -0.25) is 0 Å². The number of rotatable bonds is 7. The lowest BCUT2D eigenvalue weighted by Gasteiger charge is -2.27. The van der Waals surface area contributed by atoms with E-state index in [0.717, 1.165) is 35.2 Å². The summed E-state index contributed by atoms with van der Waals surface area (Å²) in [5.41, 5.74) is 0.866. The van der Waals surface area contributed by atoms with Gasteiger partial charge in [-0.15, -0.1) is 0 Å². The Hall–Kier alpha value is -1.65. The Morgan fingerprint density at radius 1 is 1.24 bits per heavy atom. The van der Waals surface area contributed by atoms with Crippen molar-refractivity contribution in [3.05, 3.63) is 36.0 Å². The van der Waals surface area contributed by atoms with E-state index < -0.39 is 0 Å². The fraction of sp³-hybridized carbons (Fsp3) is 0.471. The van der Waals surface area contributed by atoms with Gasteiger partial charge in [0.1, 0.15) is 5.82 Å². The van der Waals surface area contributed by atoms with Crippen LogP contribution in [0, 0.1) is 5.92 Å². The number of hydrogen-bond acceptors (Lipinski definition) is 4. The Labute approximate surface area is 126 Å². The van der Waals surface area contributed by atoms with E-state index >= 15 is 0 Å². The van der Waals surface area contributed by atoms with Crippen LogP contribution in [-0.2, 0) is 11.3 Å². The minimum Gasteiger partial charge on any atom is -0.392 e. The molecule has 0 fully saturated rings. The first-order chi connectivity index (χ1) is 10.2. The summed E-state index contributed by atoms with van der Waals surface area (Å²) in [5, 5.41) is 11.6. The molecule has 0 unspecified atom stereocenters. The second-order valence-corrected chi connectivity index (χ2v) is 5.64. The van der Waals surface area contributed by atoms with Gasteiger partial charge in [-0.05, 0) is 11.3 Å². The number of hydrogen-bond donors (Lipinski definition) is 1. The van der Waals surface area contributed by atoms with Crippen molar-refractivity contribution in [3.8, 4) is 0 Å². The maximum absolute atomic E-state index is 9.48. The molecule has 1 aromatic heterocycles.